The summed E-state index contributed by atoms with van der Waals surface area (Å²) in [6.07, 6.45) is 2.77. The fourth-order valence-corrected chi connectivity index (χ4v) is 5.55. The van der Waals surface area contributed by atoms with Gasteiger partial charge in [-0.1, -0.05) is 18.2 Å². The summed E-state index contributed by atoms with van der Waals surface area (Å²) in [7, 11) is 3.70. The maximum Gasteiger partial charge on any atom is 0.247 e. The van der Waals surface area contributed by atoms with E-state index in [1.807, 2.05) is 6.07 Å². The van der Waals surface area contributed by atoms with Crippen molar-refractivity contribution in [2.24, 2.45) is 5.92 Å². The molecule has 12 heteroatoms. The SMILES string of the molecule is C=CC(=O)Nc1cc(Nc2nccc(Nc3cc(Cl)c(F)cc3C(C)(C)O)n2)c(OC)cc1N1C[C@@H]2CN(C)[C@@H]2C1. The maximum atomic E-state index is 14.2. The Hall–Kier alpha value is -3.93. The first-order chi connectivity index (χ1) is 19.5. The molecule has 0 radical (unpaired) electrons. The summed E-state index contributed by atoms with van der Waals surface area (Å²) in [5, 5.41) is 19.7. The van der Waals surface area contributed by atoms with E-state index in [9.17, 15) is 14.3 Å². The fraction of sp³-hybridized carbons (Fsp3) is 0.345. The van der Waals surface area contributed by atoms with Crippen molar-refractivity contribution in [2.45, 2.75) is 25.5 Å². The highest BCUT2D eigenvalue weighted by Crippen LogP contribution is 2.42. The number of ether oxygens (including phenoxy) is 1. The second kappa shape index (κ2) is 11.2. The number of rotatable bonds is 9. The van der Waals surface area contributed by atoms with Gasteiger partial charge in [0.2, 0.25) is 11.9 Å². The van der Waals surface area contributed by atoms with Crippen molar-refractivity contribution in [3.63, 3.8) is 0 Å². The van der Waals surface area contributed by atoms with Gasteiger partial charge in [-0.25, -0.2) is 9.37 Å². The number of carbonyl (C=O) groups excluding carboxylic acids is 1. The molecular weight excluding hydrogens is 549 g/mol. The normalized spacial score (nSPS) is 18.4. The number of hydrogen-bond donors (Lipinski definition) is 4. The highest BCUT2D eigenvalue weighted by molar-refractivity contribution is 6.31. The van der Waals surface area contributed by atoms with Gasteiger partial charge in [0.25, 0.3) is 0 Å². The molecule has 0 saturated carbocycles. The minimum Gasteiger partial charge on any atom is -0.494 e. The van der Waals surface area contributed by atoms with Crippen molar-refractivity contribution in [1.29, 1.82) is 0 Å². The quantitative estimate of drug-likeness (QED) is 0.263. The number of aromatic nitrogens is 2. The van der Waals surface area contributed by atoms with E-state index in [0.29, 0.717) is 46.2 Å². The van der Waals surface area contributed by atoms with E-state index in [1.54, 1.807) is 39.3 Å². The van der Waals surface area contributed by atoms with Crippen LogP contribution in [0.4, 0.5) is 38.9 Å². The Labute approximate surface area is 243 Å². The lowest BCUT2D eigenvalue weighted by atomic mass is 9.93. The van der Waals surface area contributed by atoms with Crippen molar-refractivity contribution in [3.05, 3.63) is 65.6 Å². The van der Waals surface area contributed by atoms with E-state index in [-0.39, 0.29) is 16.9 Å². The van der Waals surface area contributed by atoms with E-state index in [1.165, 1.54) is 18.2 Å². The lowest BCUT2D eigenvalue weighted by Crippen LogP contribution is -2.52. The third kappa shape index (κ3) is 5.92. The van der Waals surface area contributed by atoms with Crippen LogP contribution >= 0.6 is 11.6 Å². The zero-order chi connectivity index (χ0) is 29.5. The van der Waals surface area contributed by atoms with Gasteiger partial charge in [-0.2, -0.15) is 4.98 Å². The Kier molecular flexibility index (Phi) is 7.78. The first-order valence-electron chi connectivity index (χ1n) is 13.2. The van der Waals surface area contributed by atoms with Gasteiger partial charge in [-0.05, 0) is 51.2 Å². The Bertz CT molecular complexity index is 1500. The second-order valence-electron chi connectivity index (χ2n) is 10.8. The Morgan fingerprint density at radius 3 is 2.63 bits per heavy atom. The van der Waals surface area contributed by atoms with Crippen LogP contribution in [0.2, 0.25) is 5.02 Å². The summed E-state index contributed by atoms with van der Waals surface area (Å²) in [6.45, 7) is 9.48. The van der Waals surface area contributed by atoms with Gasteiger partial charge in [-0.3, -0.25) is 4.79 Å². The smallest absolute Gasteiger partial charge is 0.247 e. The molecule has 5 rings (SSSR count). The van der Waals surface area contributed by atoms with Crippen molar-refractivity contribution in [3.8, 4) is 5.75 Å². The molecule has 2 atom stereocenters. The number of anilines is 6. The molecule has 10 nitrogen and oxygen atoms in total. The number of likely N-dealkylation sites (tertiary alicyclic amines) is 1. The molecule has 1 aromatic heterocycles. The topological polar surface area (TPSA) is 115 Å². The van der Waals surface area contributed by atoms with Crippen molar-refractivity contribution in [1.82, 2.24) is 14.9 Å². The summed E-state index contributed by atoms with van der Waals surface area (Å²) in [4.78, 5) is 25.8. The zero-order valence-corrected chi connectivity index (χ0v) is 24.1. The van der Waals surface area contributed by atoms with E-state index in [4.69, 9.17) is 16.3 Å². The van der Waals surface area contributed by atoms with Gasteiger partial charge in [0, 0.05) is 55.1 Å². The van der Waals surface area contributed by atoms with Gasteiger partial charge in [0.15, 0.2) is 0 Å². The summed E-state index contributed by atoms with van der Waals surface area (Å²) >= 11 is 6.02. The Morgan fingerprint density at radius 1 is 1.20 bits per heavy atom. The van der Waals surface area contributed by atoms with Gasteiger partial charge < -0.3 is 35.6 Å². The molecule has 2 aliphatic heterocycles. The number of amides is 1. The van der Waals surface area contributed by atoms with Crippen LogP contribution in [0.1, 0.15) is 19.4 Å². The fourth-order valence-electron chi connectivity index (χ4n) is 5.38. The first kappa shape index (κ1) is 28.6. The molecule has 2 aliphatic rings. The average molecular weight is 582 g/mol. The molecule has 1 amide bonds. The van der Waals surface area contributed by atoms with Crippen LogP contribution in [0.3, 0.4) is 0 Å². The van der Waals surface area contributed by atoms with E-state index in [0.717, 1.165) is 25.3 Å². The number of fused-ring (bicyclic) bond motifs is 1. The van der Waals surface area contributed by atoms with Gasteiger partial charge >= 0.3 is 0 Å². The number of aliphatic hydroxyl groups is 1. The molecule has 2 saturated heterocycles. The molecule has 2 aromatic carbocycles. The number of nitrogens with zero attached hydrogens (tertiary/aromatic N) is 4. The lowest BCUT2D eigenvalue weighted by molar-refractivity contribution is -0.111. The first-order valence-corrected chi connectivity index (χ1v) is 13.5. The number of likely N-dealkylation sites (N-methyl/N-ethyl adjacent to an activating group) is 1. The summed E-state index contributed by atoms with van der Waals surface area (Å²) in [5.74, 6) is 0.778. The highest BCUT2D eigenvalue weighted by atomic mass is 35.5. The van der Waals surface area contributed by atoms with Crippen molar-refractivity contribution >= 4 is 52.0 Å². The van der Waals surface area contributed by atoms with Crippen LogP contribution in [0.25, 0.3) is 0 Å². The molecule has 0 spiro atoms. The number of halogens is 2. The molecule has 4 N–H and O–H groups in total. The summed E-state index contributed by atoms with van der Waals surface area (Å²) in [5.41, 5.74) is 1.37. The molecule has 41 heavy (non-hydrogen) atoms. The number of methoxy groups -OCH3 is 1. The second-order valence-corrected chi connectivity index (χ2v) is 11.2. The molecule has 0 aliphatic carbocycles. The number of nitrogens with one attached hydrogen (secondary N) is 3. The van der Waals surface area contributed by atoms with Crippen LogP contribution < -0.4 is 25.6 Å². The highest BCUT2D eigenvalue weighted by Gasteiger charge is 2.44. The van der Waals surface area contributed by atoms with Crippen molar-refractivity contribution in [2.75, 3.05) is 54.6 Å². The van der Waals surface area contributed by atoms with E-state index >= 15 is 0 Å². The molecule has 3 heterocycles. The summed E-state index contributed by atoms with van der Waals surface area (Å²) in [6, 6.07) is 8.39. The molecular formula is C29H33ClFN7O3. The third-order valence-corrected chi connectivity index (χ3v) is 7.77. The molecule has 0 bridgehead atoms. The van der Waals surface area contributed by atoms with Gasteiger partial charge in [-0.15, -0.1) is 0 Å². The van der Waals surface area contributed by atoms with Crippen LogP contribution in [-0.2, 0) is 10.4 Å². The molecule has 2 fully saturated rings. The number of carbonyl (C=O) groups is 1. The van der Waals surface area contributed by atoms with Gasteiger partial charge in [0.05, 0.1) is 34.8 Å². The van der Waals surface area contributed by atoms with E-state index < -0.39 is 11.4 Å². The minimum atomic E-state index is -1.34. The maximum absolute atomic E-state index is 14.2. The predicted molar refractivity (Wildman–Crippen MR) is 159 cm³/mol. The standard InChI is InChI=1S/C29H33ClFN7O3/c1-6-27(39)34-21-11-22(25(41-5)12-23(21)38-14-16-13-37(4)24(16)15-38)35-28-32-8-7-26(36-28)33-20-10-18(30)19(31)9-17(20)29(2,3)40/h6-12,16,24,40H,1,13-15H2,2-5H3,(H,34,39)(H2,32,33,35,36)/t16-,24+/m0/s1. The monoisotopic (exact) mass is 581 g/mol. The average Bonchev–Trinajstić information content (AvgIpc) is 3.27. The Morgan fingerprint density at radius 2 is 1.98 bits per heavy atom. The number of hydrogen-bond acceptors (Lipinski definition) is 9. The zero-order valence-electron chi connectivity index (χ0n) is 23.3. The minimum absolute atomic E-state index is 0.0931. The third-order valence-electron chi connectivity index (χ3n) is 7.48. The predicted octanol–water partition coefficient (Wildman–Crippen LogP) is 4.87. The van der Waals surface area contributed by atoms with Gasteiger partial charge in [0.1, 0.15) is 17.4 Å². The van der Waals surface area contributed by atoms with Crippen LogP contribution in [0.5, 0.6) is 5.75 Å². The summed E-state index contributed by atoms with van der Waals surface area (Å²) < 4.78 is 19.9. The molecule has 3 aromatic rings. The van der Waals surface area contributed by atoms with Crippen LogP contribution in [-0.4, -0.2) is 65.7 Å². The molecule has 0 unspecified atom stereocenters. The van der Waals surface area contributed by atoms with E-state index in [2.05, 4.69) is 49.3 Å². The van der Waals surface area contributed by atoms with Crippen LogP contribution in [0.15, 0.2) is 49.2 Å². The van der Waals surface area contributed by atoms with Crippen LogP contribution in [0, 0.1) is 11.7 Å². The Balaban J connectivity index is 1.45. The number of benzene rings is 2. The largest absolute Gasteiger partial charge is 0.494 e. The van der Waals surface area contributed by atoms with Crippen molar-refractivity contribution < 1.29 is 19.0 Å². The lowest BCUT2D eigenvalue weighted by Gasteiger charge is -2.40. The molecule has 216 valence electrons.